The van der Waals surface area contributed by atoms with Crippen LogP contribution in [0.3, 0.4) is 0 Å². The van der Waals surface area contributed by atoms with Gasteiger partial charge in [0.05, 0.1) is 12.0 Å². The van der Waals surface area contributed by atoms with Gasteiger partial charge in [0.15, 0.2) is 5.69 Å². The zero-order valence-corrected chi connectivity index (χ0v) is 11.8. The Morgan fingerprint density at radius 1 is 1.65 bits per heavy atom. The number of methoxy groups -OCH3 is 1. The highest BCUT2D eigenvalue weighted by Gasteiger charge is 2.21. The molecule has 0 spiro atoms. The summed E-state index contributed by atoms with van der Waals surface area (Å²) in [5.74, 6) is 0.618. The van der Waals surface area contributed by atoms with Crippen LogP contribution in [0.4, 0.5) is 11.5 Å². The molecule has 0 radical (unpaired) electrons. The Hall–Kier alpha value is -1.83. The van der Waals surface area contributed by atoms with E-state index < -0.39 is 10.9 Å². The van der Waals surface area contributed by atoms with Crippen molar-refractivity contribution < 1.29 is 14.5 Å². The number of aromatic nitrogens is 1. The zero-order valence-electron chi connectivity index (χ0n) is 11.0. The van der Waals surface area contributed by atoms with Crippen molar-refractivity contribution in [1.29, 1.82) is 0 Å². The molecule has 108 valence electrons. The van der Waals surface area contributed by atoms with Gasteiger partial charge in [-0.15, -0.1) is 0 Å². The van der Waals surface area contributed by atoms with Crippen LogP contribution in [-0.2, 0) is 4.74 Å². The number of thioether (sulfide) groups is 1. The van der Waals surface area contributed by atoms with Crippen molar-refractivity contribution in [3.05, 3.63) is 27.9 Å². The molecule has 8 heteroatoms. The van der Waals surface area contributed by atoms with Gasteiger partial charge in [0.25, 0.3) is 0 Å². The molecule has 20 heavy (non-hydrogen) atoms. The minimum atomic E-state index is -0.613. The Bertz CT molecular complexity index is 517. The van der Waals surface area contributed by atoms with Crippen LogP contribution >= 0.6 is 11.8 Å². The number of carbonyl (C=O) groups is 1. The number of carbonyl (C=O) groups excluding carboxylic acids is 1. The first-order chi connectivity index (χ1) is 9.61. The summed E-state index contributed by atoms with van der Waals surface area (Å²) in [4.78, 5) is 25.9. The molecule has 1 saturated heterocycles. The monoisotopic (exact) mass is 297 g/mol. The maximum atomic E-state index is 11.4. The Morgan fingerprint density at radius 3 is 3.05 bits per heavy atom. The molecule has 0 saturated carbocycles. The number of anilines is 1. The number of nitro groups is 1. The minimum absolute atomic E-state index is 0.0553. The van der Waals surface area contributed by atoms with Crippen LogP contribution in [0, 0.1) is 10.1 Å². The molecular weight excluding hydrogens is 282 g/mol. The molecule has 1 atom stereocenters. The van der Waals surface area contributed by atoms with E-state index in [0.29, 0.717) is 11.8 Å². The number of rotatable bonds is 5. The molecular formula is C12H15N3O4S. The fourth-order valence-electron chi connectivity index (χ4n) is 1.96. The first-order valence-electron chi connectivity index (χ1n) is 6.21. The standard InChI is InChI=1S/C12H15N3O4S/c1-19-12(16)9-4-5-10(15(17)18)11(14-9)13-7-8-3-2-6-20-8/h4-5,8H,2-3,6-7H2,1H3,(H,13,14). The highest BCUT2D eigenvalue weighted by molar-refractivity contribution is 8.00. The van der Waals surface area contributed by atoms with Crippen molar-refractivity contribution in [3.63, 3.8) is 0 Å². The van der Waals surface area contributed by atoms with Gasteiger partial charge in [0, 0.05) is 17.9 Å². The summed E-state index contributed by atoms with van der Waals surface area (Å²) in [6, 6.07) is 2.56. The van der Waals surface area contributed by atoms with Gasteiger partial charge in [0.1, 0.15) is 0 Å². The summed E-state index contributed by atoms with van der Waals surface area (Å²) in [6.45, 7) is 0.600. The quantitative estimate of drug-likeness (QED) is 0.505. The fraction of sp³-hybridized carbons (Fsp3) is 0.500. The summed E-state index contributed by atoms with van der Waals surface area (Å²) >= 11 is 1.84. The molecule has 0 aromatic carbocycles. The van der Waals surface area contributed by atoms with E-state index in [-0.39, 0.29) is 17.2 Å². The Kier molecular flexibility index (Phi) is 4.78. The van der Waals surface area contributed by atoms with E-state index in [2.05, 4.69) is 15.0 Å². The van der Waals surface area contributed by atoms with Gasteiger partial charge in [0.2, 0.25) is 5.82 Å². The molecule has 1 N–H and O–H groups in total. The van der Waals surface area contributed by atoms with E-state index in [1.54, 1.807) is 0 Å². The molecule has 1 unspecified atom stereocenters. The van der Waals surface area contributed by atoms with E-state index in [4.69, 9.17) is 0 Å². The number of nitrogens with zero attached hydrogens (tertiary/aromatic N) is 2. The summed E-state index contributed by atoms with van der Waals surface area (Å²) in [5.41, 5.74) is -0.0830. The average molecular weight is 297 g/mol. The average Bonchev–Trinajstić information content (AvgIpc) is 2.97. The van der Waals surface area contributed by atoms with Gasteiger partial charge in [-0.1, -0.05) is 0 Å². The van der Waals surface area contributed by atoms with Crippen molar-refractivity contribution in [2.24, 2.45) is 0 Å². The molecule has 2 rings (SSSR count). The molecule has 1 aliphatic heterocycles. The first-order valence-corrected chi connectivity index (χ1v) is 7.26. The van der Waals surface area contributed by atoms with E-state index in [1.165, 1.54) is 19.2 Å². The molecule has 1 aromatic rings. The second-order valence-corrected chi connectivity index (χ2v) is 5.74. The number of pyridine rings is 1. The number of nitrogens with one attached hydrogen (secondary N) is 1. The number of ether oxygens (including phenoxy) is 1. The van der Waals surface area contributed by atoms with Crippen molar-refractivity contribution in [1.82, 2.24) is 4.98 Å². The molecule has 0 bridgehead atoms. The van der Waals surface area contributed by atoms with Crippen LogP contribution in [0.15, 0.2) is 12.1 Å². The predicted molar refractivity (Wildman–Crippen MR) is 76.2 cm³/mol. The largest absolute Gasteiger partial charge is 0.464 e. The first kappa shape index (κ1) is 14.6. The normalized spacial score (nSPS) is 17.8. The van der Waals surface area contributed by atoms with Crippen LogP contribution in [0.1, 0.15) is 23.3 Å². The smallest absolute Gasteiger partial charge is 0.356 e. The van der Waals surface area contributed by atoms with E-state index in [1.807, 2.05) is 11.8 Å². The van der Waals surface area contributed by atoms with Gasteiger partial charge in [-0.2, -0.15) is 11.8 Å². The topological polar surface area (TPSA) is 94.4 Å². The number of hydrogen-bond acceptors (Lipinski definition) is 7. The molecule has 7 nitrogen and oxygen atoms in total. The van der Waals surface area contributed by atoms with Crippen LogP contribution in [0.2, 0.25) is 0 Å². The molecule has 1 fully saturated rings. The Labute approximate surface area is 120 Å². The summed E-state index contributed by atoms with van der Waals surface area (Å²) in [7, 11) is 1.24. The Morgan fingerprint density at radius 2 is 2.45 bits per heavy atom. The van der Waals surface area contributed by atoms with Crippen LogP contribution in [0.5, 0.6) is 0 Å². The summed E-state index contributed by atoms with van der Waals surface area (Å²) in [5, 5.41) is 14.4. The van der Waals surface area contributed by atoms with E-state index >= 15 is 0 Å². The predicted octanol–water partition coefficient (Wildman–Crippen LogP) is 2.08. The SMILES string of the molecule is COC(=O)c1ccc([N+](=O)[O-])c(NCC2CCCS2)n1. The zero-order chi connectivity index (χ0) is 14.5. The lowest BCUT2D eigenvalue weighted by Gasteiger charge is -2.11. The number of esters is 1. The van der Waals surface area contributed by atoms with Gasteiger partial charge in [-0.3, -0.25) is 10.1 Å². The lowest BCUT2D eigenvalue weighted by molar-refractivity contribution is -0.384. The van der Waals surface area contributed by atoms with Crippen molar-refractivity contribution in [2.45, 2.75) is 18.1 Å². The van der Waals surface area contributed by atoms with Crippen molar-refractivity contribution >= 4 is 29.2 Å². The summed E-state index contributed by atoms with van der Waals surface area (Å²) < 4.78 is 4.57. The number of hydrogen-bond donors (Lipinski definition) is 1. The molecule has 0 aliphatic carbocycles. The lowest BCUT2D eigenvalue weighted by Crippen LogP contribution is -2.16. The minimum Gasteiger partial charge on any atom is -0.464 e. The second-order valence-electron chi connectivity index (χ2n) is 4.33. The fourth-order valence-corrected chi connectivity index (χ4v) is 3.16. The van der Waals surface area contributed by atoms with Crippen LogP contribution in [0.25, 0.3) is 0 Å². The molecule has 2 heterocycles. The summed E-state index contributed by atoms with van der Waals surface area (Å²) in [6.07, 6.45) is 2.25. The maximum Gasteiger partial charge on any atom is 0.356 e. The third kappa shape index (κ3) is 3.38. The van der Waals surface area contributed by atoms with Crippen LogP contribution < -0.4 is 5.32 Å². The van der Waals surface area contributed by atoms with Crippen LogP contribution in [-0.4, -0.2) is 40.5 Å². The molecule has 1 aliphatic rings. The Balaban J connectivity index is 2.17. The second kappa shape index (κ2) is 6.56. The highest BCUT2D eigenvalue weighted by Crippen LogP contribution is 2.28. The maximum absolute atomic E-state index is 11.4. The third-order valence-electron chi connectivity index (χ3n) is 2.99. The molecule has 1 aromatic heterocycles. The van der Waals surface area contributed by atoms with Gasteiger partial charge >= 0.3 is 11.7 Å². The highest BCUT2D eigenvalue weighted by atomic mass is 32.2. The van der Waals surface area contributed by atoms with Gasteiger partial charge < -0.3 is 10.1 Å². The van der Waals surface area contributed by atoms with Gasteiger partial charge in [-0.25, -0.2) is 9.78 Å². The lowest BCUT2D eigenvalue weighted by atomic mass is 10.2. The van der Waals surface area contributed by atoms with Crippen molar-refractivity contribution in [3.8, 4) is 0 Å². The molecule has 0 amide bonds. The van der Waals surface area contributed by atoms with Crippen molar-refractivity contribution in [2.75, 3.05) is 24.7 Å². The van der Waals surface area contributed by atoms with Gasteiger partial charge in [-0.05, 0) is 24.7 Å². The van der Waals surface area contributed by atoms with E-state index in [9.17, 15) is 14.9 Å². The van der Waals surface area contributed by atoms with E-state index in [0.717, 1.165) is 18.6 Å². The third-order valence-corrected chi connectivity index (χ3v) is 4.38.